The van der Waals surface area contributed by atoms with Crippen molar-refractivity contribution in [2.75, 3.05) is 6.54 Å². The maximum Gasteiger partial charge on any atom is 0.315 e. The van der Waals surface area contributed by atoms with E-state index in [1.807, 2.05) is 20.8 Å². The third-order valence-electron chi connectivity index (χ3n) is 4.14. The summed E-state index contributed by atoms with van der Waals surface area (Å²) < 4.78 is 0. The van der Waals surface area contributed by atoms with Crippen molar-refractivity contribution in [3.05, 3.63) is 0 Å². The number of nitrogens with one attached hydrogen (secondary N) is 2. The monoisotopic (exact) mass is 258 g/mol. The van der Waals surface area contributed by atoms with E-state index in [0.29, 0.717) is 5.92 Å². The van der Waals surface area contributed by atoms with Gasteiger partial charge in [-0.1, -0.05) is 40.5 Å². The van der Waals surface area contributed by atoms with E-state index < -0.39 is 5.60 Å². The number of rotatable bonds is 7. The quantitative estimate of drug-likeness (QED) is 0.657. The molecule has 0 rings (SSSR count). The van der Waals surface area contributed by atoms with E-state index in [2.05, 4.69) is 24.5 Å². The molecule has 4 nitrogen and oxygen atoms in total. The highest BCUT2D eigenvalue weighted by Crippen LogP contribution is 2.18. The van der Waals surface area contributed by atoms with Gasteiger partial charge in [-0.05, 0) is 25.7 Å². The molecular weight excluding hydrogens is 228 g/mol. The zero-order valence-electron chi connectivity index (χ0n) is 12.7. The summed E-state index contributed by atoms with van der Waals surface area (Å²) in [6.07, 6.45) is 1.92. The first-order chi connectivity index (χ1) is 8.24. The first-order valence-corrected chi connectivity index (χ1v) is 7.01. The van der Waals surface area contributed by atoms with E-state index in [1.54, 1.807) is 6.92 Å². The van der Waals surface area contributed by atoms with Crippen molar-refractivity contribution in [3.63, 3.8) is 0 Å². The van der Waals surface area contributed by atoms with Gasteiger partial charge in [0.2, 0.25) is 0 Å². The zero-order chi connectivity index (χ0) is 14.3. The van der Waals surface area contributed by atoms with Crippen molar-refractivity contribution in [3.8, 4) is 0 Å². The summed E-state index contributed by atoms with van der Waals surface area (Å²) in [5.41, 5.74) is -0.855. The maximum atomic E-state index is 11.7. The van der Waals surface area contributed by atoms with Crippen molar-refractivity contribution >= 4 is 6.03 Å². The highest BCUT2D eigenvalue weighted by Gasteiger charge is 2.27. The molecule has 0 spiro atoms. The number of urea groups is 1. The van der Waals surface area contributed by atoms with Gasteiger partial charge in [-0.25, -0.2) is 4.79 Å². The summed E-state index contributed by atoms with van der Waals surface area (Å²) in [5, 5.41) is 15.8. The molecule has 2 amide bonds. The molecule has 0 aliphatic rings. The number of hydrogen-bond donors (Lipinski definition) is 3. The van der Waals surface area contributed by atoms with Gasteiger partial charge in [0.05, 0.1) is 5.60 Å². The largest absolute Gasteiger partial charge is 0.388 e. The third-order valence-corrected chi connectivity index (χ3v) is 4.14. The first-order valence-electron chi connectivity index (χ1n) is 7.01. The Bertz CT molecular complexity index is 254. The molecule has 3 N–H and O–H groups in total. The fourth-order valence-corrected chi connectivity index (χ4v) is 1.63. The molecule has 0 aromatic heterocycles. The Balaban J connectivity index is 4.11. The van der Waals surface area contributed by atoms with Crippen LogP contribution in [-0.4, -0.2) is 29.3 Å². The topological polar surface area (TPSA) is 61.4 Å². The number of carbonyl (C=O) groups excluding carboxylic acids is 1. The van der Waals surface area contributed by atoms with Crippen LogP contribution in [0.1, 0.15) is 54.4 Å². The summed E-state index contributed by atoms with van der Waals surface area (Å²) >= 11 is 0. The van der Waals surface area contributed by atoms with Gasteiger partial charge in [0, 0.05) is 12.6 Å². The average Bonchev–Trinajstić information content (AvgIpc) is 2.34. The fourth-order valence-electron chi connectivity index (χ4n) is 1.63. The Kier molecular flexibility index (Phi) is 7.29. The molecule has 0 bridgehead atoms. The van der Waals surface area contributed by atoms with Crippen molar-refractivity contribution in [1.82, 2.24) is 10.6 Å². The zero-order valence-corrected chi connectivity index (χ0v) is 12.7. The molecule has 0 heterocycles. The smallest absolute Gasteiger partial charge is 0.315 e. The van der Waals surface area contributed by atoms with Crippen LogP contribution in [0.15, 0.2) is 0 Å². The van der Waals surface area contributed by atoms with Crippen LogP contribution in [0.3, 0.4) is 0 Å². The van der Waals surface area contributed by atoms with Crippen molar-refractivity contribution in [1.29, 1.82) is 0 Å². The minimum Gasteiger partial charge on any atom is -0.388 e. The van der Waals surface area contributed by atoms with Crippen LogP contribution in [0.4, 0.5) is 4.79 Å². The van der Waals surface area contributed by atoms with Crippen molar-refractivity contribution in [2.24, 2.45) is 11.8 Å². The SMILES string of the molecule is CCC(C)C(C)NC(=O)NCC(C)(O)C(C)CC. The Morgan fingerprint density at radius 1 is 1.22 bits per heavy atom. The second-order valence-corrected chi connectivity index (χ2v) is 5.67. The minimum atomic E-state index is -0.855. The third kappa shape index (κ3) is 5.71. The molecule has 0 aliphatic heterocycles. The van der Waals surface area contributed by atoms with Gasteiger partial charge in [0.15, 0.2) is 0 Å². The van der Waals surface area contributed by atoms with E-state index in [4.69, 9.17) is 0 Å². The second kappa shape index (κ2) is 7.62. The average molecular weight is 258 g/mol. The number of hydrogen-bond acceptors (Lipinski definition) is 2. The summed E-state index contributed by atoms with van der Waals surface area (Å²) in [7, 11) is 0. The summed E-state index contributed by atoms with van der Waals surface area (Å²) in [6, 6.07) is -0.0603. The van der Waals surface area contributed by atoms with Crippen molar-refractivity contribution in [2.45, 2.75) is 66.0 Å². The highest BCUT2D eigenvalue weighted by atomic mass is 16.3. The van der Waals surface area contributed by atoms with E-state index >= 15 is 0 Å². The predicted molar refractivity (Wildman–Crippen MR) is 75.5 cm³/mol. The van der Waals surface area contributed by atoms with Crippen LogP contribution in [0, 0.1) is 11.8 Å². The lowest BCUT2D eigenvalue weighted by atomic mass is 9.89. The molecule has 4 heteroatoms. The lowest BCUT2D eigenvalue weighted by molar-refractivity contribution is 0.00781. The maximum absolute atomic E-state index is 11.7. The summed E-state index contributed by atoms with van der Waals surface area (Å²) in [4.78, 5) is 11.7. The lowest BCUT2D eigenvalue weighted by Gasteiger charge is -2.30. The van der Waals surface area contributed by atoms with Gasteiger partial charge in [-0.2, -0.15) is 0 Å². The molecule has 0 radical (unpaired) electrons. The van der Waals surface area contributed by atoms with Crippen LogP contribution >= 0.6 is 0 Å². The Labute approximate surface area is 112 Å². The molecule has 0 aromatic carbocycles. The van der Waals surface area contributed by atoms with Gasteiger partial charge in [0.25, 0.3) is 0 Å². The molecule has 4 unspecified atom stereocenters. The molecule has 0 saturated heterocycles. The first kappa shape index (κ1) is 17.2. The van der Waals surface area contributed by atoms with Crippen LogP contribution in [0.2, 0.25) is 0 Å². The Morgan fingerprint density at radius 2 is 1.78 bits per heavy atom. The second-order valence-electron chi connectivity index (χ2n) is 5.67. The van der Waals surface area contributed by atoms with E-state index in [-0.39, 0.29) is 24.5 Å². The van der Waals surface area contributed by atoms with Gasteiger partial charge in [0.1, 0.15) is 0 Å². The molecule has 0 fully saturated rings. The van der Waals surface area contributed by atoms with Gasteiger partial charge in [-0.15, -0.1) is 0 Å². The number of carbonyl (C=O) groups is 1. The van der Waals surface area contributed by atoms with E-state index in [0.717, 1.165) is 12.8 Å². The van der Waals surface area contributed by atoms with Crippen LogP contribution in [0.5, 0.6) is 0 Å². The highest BCUT2D eigenvalue weighted by molar-refractivity contribution is 5.74. The Morgan fingerprint density at radius 3 is 2.22 bits per heavy atom. The lowest BCUT2D eigenvalue weighted by Crippen LogP contribution is -2.50. The molecule has 0 saturated carbocycles. The summed E-state index contributed by atoms with van der Waals surface area (Å²) in [5.74, 6) is 0.607. The van der Waals surface area contributed by atoms with Crippen molar-refractivity contribution < 1.29 is 9.90 Å². The number of amides is 2. The Hall–Kier alpha value is -0.770. The van der Waals surface area contributed by atoms with E-state index in [9.17, 15) is 9.90 Å². The predicted octanol–water partition coefficient (Wildman–Crippen LogP) is 2.52. The van der Waals surface area contributed by atoms with Gasteiger partial charge in [-0.3, -0.25) is 0 Å². The molecule has 4 atom stereocenters. The molecule has 108 valence electrons. The minimum absolute atomic E-state index is 0.142. The molecule has 0 aromatic rings. The molecule has 0 aliphatic carbocycles. The van der Waals surface area contributed by atoms with Crippen LogP contribution in [-0.2, 0) is 0 Å². The van der Waals surface area contributed by atoms with Gasteiger partial charge < -0.3 is 15.7 Å². The normalized spacial score (nSPS) is 19.5. The van der Waals surface area contributed by atoms with Gasteiger partial charge >= 0.3 is 6.03 Å². The van der Waals surface area contributed by atoms with E-state index in [1.165, 1.54) is 0 Å². The fraction of sp³-hybridized carbons (Fsp3) is 0.929. The van der Waals surface area contributed by atoms with Crippen LogP contribution in [0.25, 0.3) is 0 Å². The molecule has 18 heavy (non-hydrogen) atoms. The van der Waals surface area contributed by atoms with Crippen LogP contribution < -0.4 is 10.6 Å². The summed E-state index contributed by atoms with van der Waals surface area (Å²) in [6.45, 7) is 12.3. The number of aliphatic hydroxyl groups is 1. The standard InChI is InChI=1S/C14H30N2O2/c1-7-10(3)12(5)16-13(17)15-9-14(6,18)11(4)8-2/h10-12,18H,7-9H2,1-6H3,(H2,15,16,17). The molecular formula is C14H30N2O2.